The molecule has 1 aliphatic rings. The van der Waals surface area contributed by atoms with Gasteiger partial charge in [0.25, 0.3) is 0 Å². The standard InChI is InChI=1S/C12H17N3O2/c1-16-11-4-3-8(5-12(11)17-2)10-6-9(7-13)14-15-10/h3-5,10,15H,6-7,13H2,1-2H3. The first-order valence-corrected chi connectivity index (χ1v) is 5.51. The summed E-state index contributed by atoms with van der Waals surface area (Å²) in [6.07, 6.45) is 0.839. The molecule has 92 valence electrons. The average molecular weight is 235 g/mol. The van der Waals surface area contributed by atoms with Crippen LogP contribution in [0, 0.1) is 0 Å². The van der Waals surface area contributed by atoms with Crippen molar-refractivity contribution in [2.75, 3.05) is 20.8 Å². The SMILES string of the molecule is COc1ccc(C2CC(CN)=NN2)cc1OC. The third-order valence-electron chi connectivity index (χ3n) is 2.86. The minimum absolute atomic E-state index is 0.174. The summed E-state index contributed by atoms with van der Waals surface area (Å²) in [4.78, 5) is 0. The topological polar surface area (TPSA) is 68.9 Å². The number of methoxy groups -OCH3 is 2. The molecule has 0 spiro atoms. The minimum atomic E-state index is 0.174. The normalized spacial score (nSPS) is 18.5. The van der Waals surface area contributed by atoms with Crippen LogP contribution in [-0.2, 0) is 0 Å². The lowest BCUT2D eigenvalue weighted by molar-refractivity contribution is 0.354. The Labute approximate surface area is 101 Å². The van der Waals surface area contributed by atoms with Crippen LogP contribution in [0.25, 0.3) is 0 Å². The van der Waals surface area contributed by atoms with Crippen LogP contribution in [-0.4, -0.2) is 26.5 Å². The molecule has 3 N–H and O–H groups in total. The van der Waals surface area contributed by atoms with Crippen LogP contribution < -0.4 is 20.6 Å². The molecular formula is C12H17N3O2. The zero-order chi connectivity index (χ0) is 12.3. The molecule has 5 heteroatoms. The summed E-state index contributed by atoms with van der Waals surface area (Å²) < 4.78 is 10.5. The number of nitrogens with one attached hydrogen (secondary N) is 1. The summed E-state index contributed by atoms with van der Waals surface area (Å²) in [6, 6.07) is 6.05. The van der Waals surface area contributed by atoms with Gasteiger partial charge in [0.05, 0.1) is 26.0 Å². The Hall–Kier alpha value is -1.75. The van der Waals surface area contributed by atoms with E-state index in [1.54, 1.807) is 14.2 Å². The van der Waals surface area contributed by atoms with E-state index in [0.717, 1.165) is 29.2 Å². The van der Waals surface area contributed by atoms with Gasteiger partial charge >= 0.3 is 0 Å². The Bertz CT molecular complexity index is 432. The molecule has 1 aliphatic heterocycles. The summed E-state index contributed by atoms with van der Waals surface area (Å²) in [5.74, 6) is 1.46. The van der Waals surface area contributed by atoms with Crippen molar-refractivity contribution in [2.45, 2.75) is 12.5 Å². The Morgan fingerprint density at radius 1 is 1.35 bits per heavy atom. The largest absolute Gasteiger partial charge is 0.493 e. The molecule has 5 nitrogen and oxygen atoms in total. The number of rotatable bonds is 4. The predicted octanol–water partition coefficient (Wildman–Crippen LogP) is 1.05. The van der Waals surface area contributed by atoms with Crippen molar-refractivity contribution in [3.05, 3.63) is 23.8 Å². The van der Waals surface area contributed by atoms with Crippen molar-refractivity contribution >= 4 is 5.71 Å². The molecule has 1 atom stereocenters. The van der Waals surface area contributed by atoms with Crippen LogP contribution in [0.4, 0.5) is 0 Å². The molecular weight excluding hydrogens is 218 g/mol. The van der Waals surface area contributed by atoms with E-state index in [1.165, 1.54) is 0 Å². The molecule has 0 aliphatic carbocycles. The van der Waals surface area contributed by atoms with E-state index in [2.05, 4.69) is 10.5 Å². The number of nitrogens with zero attached hydrogens (tertiary/aromatic N) is 1. The second kappa shape index (κ2) is 5.05. The summed E-state index contributed by atoms with van der Waals surface area (Å²) >= 11 is 0. The van der Waals surface area contributed by atoms with E-state index in [0.29, 0.717) is 6.54 Å². The maximum atomic E-state index is 5.56. The molecule has 0 radical (unpaired) electrons. The monoisotopic (exact) mass is 235 g/mol. The Morgan fingerprint density at radius 2 is 2.12 bits per heavy atom. The lowest BCUT2D eigenvalue weighted by Crippen LogP contribution is -2.13. The quantitative estimate of drug-likeness (QED) is 0.818. The molecule has 0 bridgehead atoms. The maximum Gasteiger partial charge on any atom is 0.161 e. The molecule has 1 aromatic carbocycles. The minimum Gasteiger partial charge on any atom is -0.493 e. The number of hydrogen-bond acceptors (Lipinski definition) is 5. The predicted molar refractivity (Wildman–Crippen MR) is 66.5 cm³/mol. The van der Waals surface area contributed by atoms with E-state index in [1.807, 2.05) is 18.2 Å². The first kappa shape index (κ1) is 11.7. The molecule has 0 amide bonds. The molecule has 1 heterocycles. The van der Waals surface area contributed by atoms with Gasteiger partial charge in [-0.05, 0) is 17.7 Å². The highest BCUT2D eigenvalue weighted by atomic mass is 16.5. The van der Waals surface area contributed by atoms with Gasteiger partial charge < -0.3 is 20.6 Å². The Balaban J connectivity index is 2.18. The first-order valence-electron chi connectivity index (χ1n) is 5.51. The fraction of sp³-hybridized carbons (Fsp3) is 0.417. The van der Waals surface area contributed by atoms with Gasteiger partial charge in [0, 0.05) is 13.0 Å². The number of hydrazone groups is 1. The van der Waals surface area contributed by atoms with Gasteiger partial charge in [-0.2, -0.15) is 5.10 Å². The van der Waals surface area contributed by atoms with Crippen LogP contribution >= 0.6 is 0 Å². The second-order valence-electron chi connectivity index (χ2n) is 3.88. The van der Waals surface area contributed by atoms with Gasteiger partial charge in [-0.3, -0.25) is 0 Å². The molecule has 17 heavy (non-hydrogen) atoms. The van der Waals surface area contributed by atoms with E-state index in [4.69, 9.17) is 15.2 Å². The highest BCUT2D eigenvalue weighted by Gasteiger charge is 2.20. The van der Waals surface area contributed by atoms with Crippen LogP contribution in [0.1, 0.15) is 18.0 Å². The van der Waals surface area contributed by atoms with Crippen LogP contribution in [0.2, 0.25) is 0 Å². The van der Waals surface area contributed by atoms with E-state index in [9.17, 15) is 0 Å². The molecule has 0 saturated carbocycles. The lowest BCUT2D eigenvalue weighted by atomic mass is 10.0. The average Bonchev–Trinajstić information content (AvgIpc) is 2.86. The van der Waals surface area contributed by atoms with Crippen LogP contribution in [0.3, 0.4) is 0 Å². The van der Waals surface area contributed by atoms with Crippen LogP contribution in [0.15, 0.2) is 23.3 Å². The van der Waals surface area contributed by atoms with Crippen LogP contribution in [0.5, 0.6) is 11.5 Å². The number of nitrogens with two attached hydrogens (primary N) is 1. The van der Waals surface area contributed by atoms with Gasteiger partial charge in [0.15, 0.2) is 11.5 Å². The lowest BCUT2D eigenvalue weighted by Gasteiger charge is -2.13. The van der Waals surface area contributed by atoms with Crippen molar-refractivity contribution in [3.8, 4) is 11.5 Å². The number of ether oxygens (including phenoxy) is 2. The third-order valence-corrected chi connectivity index (χ3v) is 2.86. The fourth-order valence-electron chi connectivity index (χ4n) is 1.89. The maximum absolute atomic E-state index is 5.56. The van der Waals surface area contributed by atoms with Gasteiger partial charge in [-0.15, -0.1) is 0 Å². The van der Waals surface area contributed by atoms with Gasteiger partial charge in [0.2, 0.25) is 0 Å². The summed E-state index contributed by atoms with van der Waals surface area (Å²) in [7, 11) is 3.26. The van der Waals surface area contributed by atoms with Gasteiger partial charge in [0.1, 0.15) is 0 Å². The van der Waals surface area contributed by atoms with Crippen molar-refractivity contribution in [1.82, 2.24) is 5.43 Å². The molecule has 0 aromatic heterocycles. The van der Waals surface area contributed by atoms with Crippen molar-refractivity contribution in [1.29, 1.82) is 0 Å². The third kappa shape index (κ3) is 2.34. The summed E-state index contributed by atoms with van der Waals surface area (Å²) in [5, 5.41) is 4.18. The highest BCUT2D eigenvalue weighted by molar-refractivity contribution is 5.88. The smallest absolute Gasteiger partial charge is 0.161 e. The zero-order valence-corrected chi connectivity index (χ0v) is 10.1. The fourth-order valence-corrected chi connectivity index (χ4v) is 1.89. The molecule has 1 unspecified atom stereocenters. The molecule has 0 saturated heterocycles. The number of benzene rings is 1. The van der Waals surface area contributed by atoms with Crippen molar-refractivity contribution in [2.24, 2.45) is 10.8 Å². The van der Waals surface area contributed by atoms with E-state index >= 15 is 0 Å². The molecule has 0 fully saturated rings. The summed E-state index contributed by atoms with van der Waals surface area (Å²) in [5.41, 5.74) is 10.7. The second-order valence-corrected chi connectivity index (χ2v) is 3.88. The first-order chi connectivity index (χ1) is 8.28. The van der Waals surface area contributed by atoms with Gasteiger partial charge in [-0.25, -0.2) is 0 Å². The summed E-state index contributed by atoms with van der Waals surface area (Å²) in [6.45, 7) is 0.497. The van der Waals surface area contributed by atoms with Gasteiger partial charge in [-0.1, -0.05) is 6.07 Å². The molecule has 1 aromatic rings. The number of hydrogen-bond donors (Lipinski definition) is 2. The highest BCUT2D eigenvalue weighted by Crippen LogP contribution is 2.31. The van der Waals surface area contributed by atoms with E-state index in [-0.39, 0.29) is 6.04 Å². The Kier molecular flexibility index (Phi) is 3.49. The van der Waals surface area contributed by atoms with E-state index < -0.39 is 0 Å². The molecule has 2 rings (SSSR count). The van der Waals surface area contributed by atoms with Crippen molar-refractivity contribution in [3.63, 3.8) is 0 Å². The Morgan fingerprint density at radius 3 is 2.71 bits per heavy atom. The van der Waals surface area contributed by atoms with Crippen molar-refractivity contribution < 1.29 is 9.47 Å². The zero-order valence-electron chi connectivity index (χ0n) is 10.1.